The SMILES string of the molecule is CC1CCN(C(=O)CC(C)c2ccc(F)cc2)C(CN)C1.Cl. The molecule has 3 unspecified atom stereocenters. The van der Waals surface area contributed by atoms with E-state index < -0.39 is 0 Å². The Labute approximate surface area is 138 Å². The highest BCUT2D eigenvalue weighted by Gasteiger charge is 2.29. The molecule has 3 nitrogen and oxygen atoms in total. The van der Waals surface area contributed by atoms with Crippen LogP contribution in [0.25, 0.3) is 0 Å². The lowest BCUT2D eigenvalue weighted by atomic mass is 9.91. The van der Waals surface area contributed by atoms with E-state index in [4.69, 9.17) is 5.73 Å². The van der Waals surface area contributed by atoms with E-state index in [9.17, 15) is 9.18 Å². The minimum Gasteiger partial charge on any atom is -0.338 e. The van der Waals surface area contributed by atoms with Crippen molar-refractivity contribution in [3.05, 3.63) is 35.6 Å². The lowest BCUT2D eigenvalue weighted by Crippen LogP contribution is -2.49. The first-order valence-corrected chi connectivity index (χ1v) is 7.76. The maximum absolute atomic E-state index is 12.9. The van der Waals surface area contributed by atoms with Crippen LogP contribution in [0.1, 0.15) is 44.6 Å². The van der Waals surface area contributed by atoms with Gasteiger partial charge in [-0.1, -0.05) is 26.0 Å². The first-order chi connectivity index (χ1) is 10.0. The Bertz CT molecular complexity index is 480. The Balaban J connectivity index is 0.00000242. The standard InChI is InChI=1S/C17H25FN2O.ClH/c1-12-7-8-20(16(9-12)11-19)17(21)10-13(2)14-3-5-15(18)6-4-14;/h3-6,12-13,16H,7-11,19H2,1-2H3;1H. The molecule has 1 saturated heterocycles. The van der Waals surface area contributed by atoms with Crippen LogP contribution in [0.2, 0.25) is 0 Å². The fraction of sp³-hybridized carbons (Fsp3) is 0.588. The maximum Gasteiger partial charge on any atom is 0.223 e. The van der Waals surface area contributed by atoms with Crippen LogP contribution in [0, 0.1) is 11.7 Å². The van der Waals surface area contributed by atoms with E-state index in [1.165, 1.54) is 12.1 Å². The molecule has 5 heteroatoms. The smallest absolute Gasteiger partial charge is 0.223 e. The molecule has 0 aliphatic carbocycles. The molecule has 1 aromatic carbocycles. The number of likely N-dealkylation sites (tertiary alicyclic amines) is 1. The normalized spacial score (nSPS) is 22.8. The van der Waals surface area contributed by atoms with Gasteiger partial charge in [-0.05, 0) is 42.4 Å². The van der Waals surface area contributed by atoms with Crippen LogP contribution in [-0.4, -0.2) is 29.9 Å². The number of carbonyl (C=O) groups excluding carboxylic acids is 1. The third kappa shape index (κ3) is 4.68. The van der Waals surface area contributed by atoms with Crippen LogP contribution in [0.5, 0.6) is 0 Å². The number of hydrogen-bond donors (Lipinski definition) is 1. The fourth-order valence-corrected chi connectivity index (χ4v) is 3.09. The van der Waals surface area contributed by atoms with E-state index in [0.717, 1.165) is 24.9 Å². The molecule has 0 radical (unpaired) electrons. The summed E-state index contributed by atoms with van der Waals surface area (Å²) in [5, 5.41) is 0. The van der Waals surface area contributed by atoms with Gasteiger partial charge in [-0.15, -0.1) is 12.4 Å². The number of rotatable bonds is 4. The highest BCUT2D eigenvalue weighted by molar-refractivity contribution is 5.85. The Kier molecular flexibility index (Phi) is 7.30. The molecule has 1 amide bonds. The van der Waals surface area contributed by atoms with Crippen molar-refractivity contribution in [1.29, 1.82) is 0 Å². The monoisotopic (exact) mass is 328 g/mol. The molecule has 2 N–H and O–H groups in total. The van der Waals surface area contributed by atoms with E-state index >= 15 is 0 Å². The van der Waals surface area contributed by atoms with Crippen LogP contribution in [0.4, 0.5) is 4.39 Å². The van der Waals surface area contributed by atoms with Crippen molar-refractivity contribution in [3.8, 4) is 0 Å². The number of nitrogens with zero attached hydrogens (tertiary/aromatic N) is 1. The Morgan fingerprint density at radius 1 is 1.41 bits per heavy atom. The highest BCUT2D eigenvalue weighted by Crippen LogP contribution is 2.26. The summed E-state index contributed by atoms with van der Waals surface area (Å²) < 4.78 is 12.9. The van der Waals surface area contributed by atoms with Gasteiger partial charge >= 0.3 is 0 Å². The van der Waals surface area contributed by atoms with Crippen LogP contribution in [0.3, 0.4) is 0 Å². The van der Waals surface area contributed by atoms with Gasteiger partial charge in [0.15, 0.2) is 0 Å². The maximum atomic E-state index is 12.9. The lowest BCUT2D eigenvalue weighted by Gasteiger charge is -2.38. The molecule has 1 aromatic rings. The number of carbonyl (C=O) groups is 1. The van der Waals surface area contributed by atoms with E-state index in [2.05, 4.69) is 6.92 Å². The fourth-order valence-electron chi connectivity index (χ4n) is 3.09. The predicted molar refractivity (Wildman–Crippen MR) is 89.6 cm³/mol. The van der Waals surface area contributed by atoms with E-state index in [1.54, 1.807) is 12.1 Å². The minimum absolute atomic E-state index is 0. The molecule has 3 atom stereocenters. The van der Waals surface area contributed by atoms with Gasteiger partial charge in [0.05, 0.1) is 0 Å². The summed E-state index contributed by atoms with van der Waals surface area (Å²) in [6.07, 6.45) is 2.50. The quantitative estimate of drug-likeness (QED) is 0.921. The molecule has 124 valence electrons. The second-order valence-electron chi connectivity index (χ2n) is 6.26. The second kappa shape index (κ2) is 8.49. The van der Waals surface area contributed by atoms with Gasteiger partial charge in [-0.3, -0.25) is 4.79 Å². The molecule has 1 aliphatic heterocycles. The summed E-state index contributed by atoms with van der Waals surface area (Å²) in [5.74, 6) is 0.646. The number of nitrogens with two attached hydrogens (primary N) is 1. The Morgan fingerprint density at radius 3 is 2.64 bits per heavy atom. The van der Waals surface area contributed by atoms with Gasteiger partial charge in [0, 0.05) is 25.6 Å². The van der Waals surface area contributed by atoms with Crippen LogP contribution >= 0.6 is 12.4 Å². The third-order valence-corrected chi connectivity index (χ3v) is 4.49. The van der Waals surface area contributed by atoms with Gasteiger partial charge < -0.3 is 10.6 Å². The van der Waals surface area contributed by atoms with Crippen molar-refractivity contribution in [2.45, 2.75) is 45.1 Å². The molecule has 0 bridgehead atoms. The number of halogens is 2. The zero-order chi connectivity index (χ0) is 15.4. The molecule has 1 aliphatic rings. The number of amides is 1. The van der Waals surface area contributed by atoms with Crippen LogP contribution in [0.15, 0.2) is 24.3 Å². The molecule has 0 saturated carbocycles. The highest BCUT2D eigenvalue weighted by atomic mass is 35.5. The predicted octanol–water partition coefficient (Wildman–Crippen LogP) is 3.33. The largest absolute Gasteiger partial charge is 0.338 e. The number of benzene rings is 1. The molecule has 22 heavy (non-hydrogen) atoms. The summed E-state index contributed by atoms with van der Waals surface area (Å²) in [6, 6.07) is 6.57. The van der Waals surface area contributed by atoms with Crippen molar-refractivity contribution in [2.24, 2.45) is 11.7 Å². The van der Waals surface area contributed by atoms with Crippen molar-refractivity contribution in [3.63, 3.8) is 0 Å². The Morgan fingerprint density at radius 2 is 2.05 bits per heavy atom. The summed E-state index contributed by atoms with van der Waals surface area (Å²) in [4.78, 5) is 14.5. The van der Waals surface area contributed by atoms with E-state index in [1.807, 2.05) is 11.8 Å². The first-order valence-electron chi connectivity index (χ1n) is 7.76. The van der Waals surface area contributed by atoms with Crippen LogP contribution in [-0.2, 0) is 4.79 Å². The summed E-state index contributed by atoms with van der Waals surface area (Å²) >= 11 is 0. The molecular formula is C17H26ClFN2O. The number of piperidine rings is 1. The topological polar surface area (TPSA) is 46.3 Å². The first kappa shape index (κ1) is 18.9. The Hall–Kier alpha value is -1.13. The number of hydrogen-bond acceptors (Lipinski definition) is 2. The molecule has 0 aromatic heterocycles. The van der Waals surface area contributed by atoms with Crippen molar-refractivity contribution >= 4 is 18.3 Å². The van der Waals surface area contributed by atoms with Crippen molar-refractivity contribution in [2.75, 3.05) is 13.1 Å². The molecule has 1 fully saturated rings. The zero-order valence-corrected chi connectivity index (χ0v) is 14.1. The summed E-state index contributed by atoms with van der Waals surface area (Å²) in [7, 11) is 0. The zero-order valence-electron chi connectivity index (χ0n) is 13.3. The van der Waals surface area contributed by atoms with Gasteiger partial charge in [0.25, 0.3) is 0 Å². The van der Waals surface area contributed by atoms with Crippen LogP contribution < -0.4 is 5.73 Å². The van der Waals surface area contributed by atoms with Gasteiger partial charge in [-0.25, -0.2) is 4.39 Å². The van der Waals surface area contributed by atoms with E-state index in [0.29, 0.717) is 18.9 Å². The average Bonchev–Trinajstić information content (AvgIpc) is 2.47. The third-order valence-electron chi connectivity index (χ3n) is 4.49. The lowest BCUT2D eigenvalue weighted by molar-refractivity contribution is -0.135. The van der Waals surface area contributed by atoms with Crippen molar-refractivity contribution in [1.82, 2.24) is 4.90 Å². The molecule has 2 rings (SSSR count). The van der Waals surface area contributed by atoms with Gasteiger partial charge in [0.1, 0.15) is 5.82 Å². The van der Waals surface area contributed by atoms with Gasteiger partial charge in [-0.2, -0.15) is 0 Å². The van der Waals surface area contributed by atoms with Gasteiger partial charge in [0.2, 0.25) is 5.91 Å². The summed E-state index contributed by atoms with van der Waals surface area (Å²) in [6.45, 7) is 5.56. The average molecular weight is 329 g/mol. The van der Waals surface area contributed by atoms with Crippen molar-refractivity contribution < 1.29 is 9.18 Å². The minimum atomic E-state index is -0.245. The molecular weight excluding hydrogens is 303 g/mol. The van der Waals surface area contributed by atoms with E-state index in [-0.39, 0.29) is 36.1 Å². The molecule has 1 heterocycles. The molecule has 0 spiro atoms. The second-order valence-corrected chi connectivity index (χ2v) is 6.26. The summed E-state index contributed by atoms with van der Waals surface area (Å²) in [5.41, 5.74) is 6.82.